The summed E-state index contributed by atoms with van der Waals surface area (Å²) in [7, 11) is 0. The van der Waals surface area contributed by atoms with Gasteiger partial charge in [-0.3, -0.25) is 0 Å². The Balaban J connectivity index is 1.37. The van der Waals surface area contributed by atoms with Crippen molar-refractivity contribution < 1.29 is 31.1 Å². The van der Waals surface area contributed by atoms with Crippen LogP contribution in [-0.2, 0) is 0 Å². The van der Waals surface area contributed by atoms with Gasteiger partial charge in [0.05, 0.1) is 5.69 Å². The van der Waals surface area contributed by atoms with Crippen LogP contribution in [0.4, 0.5) is 38.1 Å². The first-order valence-electron chi connectivity index (χ1n) is 10.8. The van der Waals surface area contributed by atoms with Gasteiger partial charge in [-0.2, -0.15) is 26.9 Å². The van der Waals surface area contributed by atoms with Crippen molar-refractivity contribution in [2.75, 3.05) is 24.6 Å². The Bertz CT molecular complexity index is 1270. The minimum Gasteiger partial charge on any atom is -0.483 e. The second-order valence-corrected chi connectivity index (χ2v) is 8.55. The predicted molar refractivity (Wildman–Crippen MR) is 112 cm³/mol. The van der Waals surface area contributed by atoms with Crippen molar-refractivity contribution in [3.8, 4) is 5.75 Å². The topological polar surface area (TPSA) is 80.8 Å². The standard InChI is InChI=1S/C21H19F6N7O/c1-11-15(22)18(29-10-28-11)33-7-12-4-5-13(8-33)16(12)30-19-31-17-14(3-2-6-34(17)32-19)35-9-20(23,24)21(25,26)27/h2-3,6,10,12-13H,4-5,7-9H2,1H3/t12-,13+. The molecule has 0 unspecified atom stereocenters. The number of pyridine rings is 1. The van der Waals surface area contributed by atoms with Crippen molar-refractivity contribution >= 4 is 23.1 Å². The number of aliphatic imine (C=N–C) groups is 1. The summed E-state index contributed by atoms with van der Waals surface area (Å²) in [5.74, 6) is -5.45. The first kappa shape index (κ1) is 23.3. The monoisotopic (exact) mass is 499 g/mol. The molecule has 2 fully saturated rings. The molecule has 1 saturated carbocycles. The van der Waals surface area contributed by atoms with E-state index in [1.807, 2.05) is 4.90 Å². The molecule has 1 aliphatic carbocycles. The summed E-state index contributed by atoms with van der Waals surface area (Å²) in [6, 6.07) is 2.62. The highest BCUT2D eigenvalue weighted by atomic mass is 19.4. The molecular weight excluding hydrogens is 480 g/mol. The summed E-state index contributed by atoms with van der Waals surface area (Å²) in [5.41, 5.74) is 1.07. The van der Waals surface area contributed by atoms with Crippen molar-refractivity contribution in [3.63, 3.8) is 0 Å². The highest BCUT2D eigenvalue weighted by Crippen LogP contribution is 2.38. The van der Waals surface area contributed by atoms with Gasteiger partial charge in [-0.25, -0.2) is 23.9 Å². The van der Waals surface area contributed by atoms with Crippen molar-refractivity contribution in [1.29, 1.82) is 0 Å². The summed E-state index contributed by atoms with van der Waals surface area (Å²) in [4.78, 5) is 18.6. The van der Waals surface area contributed by atoms with E-state index < -0.39 is 24.5 Å². The molecule has 186 valence electrons. The van der Waals surface area contributed by atoms with Crippen LogP contribution in [0.25, 0.3) is 5.65 Å². The van der Waals surface area contributed by atoms with E-state index >= 15 is 0 Å². The molecule has 3 aromatic rings. The molecule has 8 nitrogen and oxygen atoms in total. The van der Waals surface area contributed by atoms with E-state index in [-0.39, 0.29) is 40.7 Å². The van der Waals surface area contributed by atoms with E-state index in [0.717, 1.165) is 18.6 Å². The third-order valence-corrected chi connectivity index (χ3v) is 6.19. The Kier molecular flexibility index (Phi) is 5.55. The van der Waals surface area contributed by atoms with Gasteiger partial charge in [0.1, 0.15) is 6.33 Å². The SMILES string of the molecule is Cc1ncnc(N2C[C@H]3CC[C@@H](C2)C3=Nc2nc3c(OCC(F)(F)C(F)(F)F)cccn3n2)c1F. The number of aromatic nitrogens is 5. The number of nitrogens with zero attached hydrogens (tertiary/aromatic N) is 7. The zero-order valence-electron chi connectivity index (χ0n) is 18.3. The predicted octanol–water partition coefficient (Wildman–Crippen LogP) is 4.16. The molecule has 5 rings (SSSR count). The molecule has 0 aromatic carbocycles. The van der Waals surface area contributed by atoms with Crippen LogP contribution in [0.5, 0.6) is 5.75 Å². The fourth-order valence-electron chi connectivity index (χ4n) is 4.43. The molecule has 3 aromatic heterocycles. The number of piperidine rings is 1. The first-order valence-corrected chi connectivity index (χ1v) is 10.8. The van der Waals surface area contributed by atoms with Gasteiger partial charge in [-0.15, -0.1) is 5.10 Å². The lowest BCUT2D eigenvalue weighted by atomic mass is 9.95. The van der Waals surface area contributed by atoms with Crippen LogP contribution in [0.3, 0.4) is 0 Å². The van der Waals surface area contributed by atoms with Crippen LogP contribution in [-0.4, -0.2) is 62.1 Å². The molecule has 1 aliphatic heterocycles. The third-order valence-electron chi connectivity index (χ3n) is 6.19. The van der Waals surface area contributed by atoms with E-state index in [9.17, 15) is 26.3 Å². The number of hydrogen-bond donors (Lipinski definition) is 0. The van der Waals surface area contributed by atoms with E-state index in [1.54, 1.807) is 6.92 Å². The zero-order chi connectivity index (χ0) is 25.0. The Labute approximate surface area is 194 Å². The first-order chi connectivity index (χ1) is 16.5. The van der Waals surface area contributed by atoms with Crippen LogP contribution in [0, 0.1) is 24.6 Å². The van der Waals surface area contributed by atoms with E-state index in [1.165, 1.54) is 29.2 Å². The van der Waals surface area contributed by atoms with E-state index in [0.29, 0.717) is 13.1 Å². The average Bonchev–Trinajstić information content (AvgIpc) is 3.30. The quantitative estimate of drug-likeness (QED) is 0.491. The molecule has 0 amide bonds. The molecule has 0 radical (unpaired) electrons. The van der Waals surface area contributed by atoms with Gasteiger partial charge >= 0.3 is 12.1 Å². The van der Waals surface area contributed by atoms with Gasteiger partial charge in [-0.05, 0) is 31.9 Å². The lowest BCUT2D eigenvalue weighted by molar-refractivity contribution is -0.289. The summed E-state index contributed by atoms with van der Waals surface area (Å²) in [6.45, 7) is 0.684. The maximum Gasteiger partial charge on any atom is 0.456 e. The second-order valence-electron chi connectivity index (χ2n) is 8.55. The number of fused-ring (bicyclic) bond motifs is 3. The molecule has 2 bridgehead atoms. The van der Waals surface area contributed by atoms with Crippen LogP contribution in [0.2, 0.25) is 0 Å². The van der Waals surface area contributed by atoms with Crippen molar-refractivity contribution in [1.82, 2.24) is 24.6 Å². The number of anilines is 1. The fraction of sp³-hybridized carbons (Fsp3) is 0.476. The van der Waals surface area contributed by atoms with Gasteiger partial charge in [0.15, 0.2) is 29.6 Å². The molecule has 0 N–H and O–H groups in total. The molecule has 0 spiro atoms. The van der Waals surface area contributed by atoms with Crippen molar-refractivity contribution in [3.05, 3.63) is 36.2 Å². The molecular formula is C21H19F6N7O. The summed E-state index contributed by atoms with van der Waals surface area (Å²) in [5, 5.41) is 4.19. The summed E-state index contributed by atoms with van der Waals surface area (Å²) >= 11 is 0. The maximum atomic E-state index is 14.5. The largest absolute Gasteiger partial charge is 0.483 e. The summed E-state index contributed by atoms with van der Waals surface area (Å²) in [6.07, 6.45) is -1.29. The van der Waals surface area contributed by atoms with E-state index in [4.69, 9.17) is 4.74 Å². The van der Waals surface area contributed by atoms with Crippen LogP contribution < -0.4 is 9.64 Å². The van der Waals surface area contributed by atoms with Crippen molar-refractivity contribution in [2.45, 2.75) is 31.9 Å². The van der Waals surface area contributed by atoms with Gasteiger partial charge in [0.2, 0.25) is 0 Å². The molecule has 2 atom stereocenters. The normalized spacial score (nSPS) is 21.8. The summed E-state index contributed by atoms with van der Waals surface area (Å²) < 4.78 is 84.4. The number of ether oxygens (including phenoxy) is 1. The maximum absolute atomic E-state index is 14.5. The van der Waals surface area contributed by atoms with Crippen LogP contribution in [0.15, 0.2) is 29.6 Å². The number of halogens is 6. The lowest BCUT2D eigenvalue weighted by Gasteiger charge is -2.34. The number of alkyl halides is 5. The second kappa shape index (κ2) is 8.34. The van der Waals surface area contributed by atoms with Gasteiger partial charge < -0.3 is 9.64 Å². The minimum atomic E-state index is -5.73. The fourth-order valence-corrected chi connectivity index (χ4v) is 4.43. The Morgan fingerprint density at radius 3 is 2.51 bits per heavy atom. The van der Waals surface area contributed by atoms with Gasteiger partial charge in [0, 0.05) is 36.8 Å². The minimum absolute atomic E-state index is 0.0104. The third kappa shape index (κ3) is 4.25. The Morgan fingerprint density at radius 2 is 1.83 bits per heavy atom. The number of aryl methyl sites for hydroxylation is 1. The molecule has 2 aliphatic rings. The molecule has 35 heavy (non-hydrogen) atoms. The van der Waals surface area contributed by atoms with Crippen LogP contribution in [0.1, 0.15) is 18.5 Å². The molecule has 14 heteroatoms. The number of rotatable bonds is 5. The Hall–Kier alpha value is -3.45. The average molecular weight is 499 g/mol. The van der Waals surface area contributed by atoms with Crippen molar-refractivity contribution in [2.24, 2.45) is 16.8 Å². The smallest absolute Gasteiger partial charge is 0.456 e. The number of hydrogen-bond acceptors (Lipinski definition) is 7. The molecule has 1 saturated heterocycles. The van der Waals surface area contributed by atoms with E-state index in [2.05, 4.69) is 25.0 Å². The highest BCUT2D eigenvalue weighted by molar-refractivity contribution is 5.94. The molecule has 4 heterocycles. The highest BCUT2D eigenvalue weighted by Gasteiger charge is 2.58. The van der Waals surface area contributed by atoms with Crippen LogP contribution >= 0.6 is 0 Å². The Morgan fingerprint density at radius 1 is 1.11 bits per heavy atom. The van der Waals surface area contributed by atoms with Gasteiger partial charge in [0.25, 0.3) is 5.95 Å². The lowest BCUT2D eigenvalue weighted by Crippen LogP contribution is -2.43. The van der Waals surface area contributed by atoms with Gasteiger partial charge in [-0.1, -0.05) is 0 Å². The zero-order valence-corrected chi connectivity index (χ0v) is 18.3.